The molecule has 1 saturated carbocycles. The van der Waals surface area contributed by atoms with Gasteiger partial charge < -0.3 is 18.7 Å². The van der Waals surface area contributed by atoms with E-state index in [1.165, 1.54) is 0 Å². The molecule has 0 unspecified atom stereocenters. The van der Waals surface area contributed by atoms with Crippen molar-refractivity contribution in [2.75, 3.05) is 13.1 Å². The second kappa shape index (κ2) is 7.23. The number of carbonyl (C=O) groups excluding carboxylic acids is 1. The van der Waals surface area contributed by atoms with Gasteiger partial charge in [-0.15, -0.1) is 0 Å². The normalized spacial score (nSPS) is 18.4. The summed E-state index contributed by atoms with van der Waals surface area (Å²) in [6, 6.07) is 3.75. The van der Waals surface area contributed by atoms with Crippen LogP contribution in [0.5, 0.6) is 0 Å². The number of hydrogen-bond donors (Lipinski definition) is 0. The fraction of sp³-hybridized carbons (Fsp3) is 0.476. The number of aromatic nitrogens is 5. The highest BCUT2D eigenvalue weighted by Crippen LogP contribution is 2.39. The second-order valence-corrected chi connectivity index (χ2v) is 8.39. The van der Waals surface area contributed by atoms with Crippen molar-refractivity contribution in [3.05, 3.63) is 36.7 Å². The van der Waals surface area contributed by atoms with Crippen LogP contribution in [0.25, 0.3) is 22.8 Å². The van der Waals surface area contributed by atoms with Crippen molar-refractivity contribution >= 4 is 6.09 Å². The number of imidazole rings is 1. The van der Waals surface area contributed by atoms with E-state index >= 15 is 0 Å². The van der Waals surface area contributed by atoms with Crippen molar-refractivity contribution < 1.29 is 14.1 Å². The highest BCUT2D eigenvalue weighted by Gasteiger charge is 2.43. The van der Waals surface area contributed by atoms with Gasteiger partial charge in [-0.05, 0) is 44.7 Å². The molecule has 4 heterocycles. The lowest BCUT2D eigenvalue weighted by molar-refractivity contribution is 0.0518. The number of carbonyl (C=O) groups is 1. The first-order chi connectivity index (χ1) is 14.5. The zero-order chi connectivity index (χ0) is 20.7. The van der Waals surface area contributed by atoms with Crippen molar-refractivity contribution in [3.63, 3.8) is 0 Å². The Bertz CT molecular complexity index is 1060. The lowest BCUT2D eigenvalue weighted by atomic mass is 9.96. The Morgan fingerprint density at radius 2 is 2.03 bits per heavy atom. The van der Waals surface area contributed by atoms with E-state index in [0.29, 0.717) is 24.8 Å². The van der Waals surface area contributed by atoms with E-state index in [1.54, 1.807) is 17.4 Å². The summed E-state index contributed by atoms with van der Waals surface area (Å²) in [4.78, 5) is 27.4. The monoisotopic (exact) mass is 408 g/mol. The SMILES string of the molecule is Cn1cnc(-c2cc(-c3nc(C4CCN(C(=O)OC5(C)CC5)CC4)no3)ccn2)c1. The van der Waals surface area contributed by atoms with Crippen LogP contribution >= 0.6 is 0 Å². The van der Waals surface area contributed by atoms with Crippen LogP contribution in [0.4, 0.5) is 4.79 Å². The van der Waals surface area contributed by atoms with E-state index in [-0.39, 0.29) is 17.6 Å². The molecular weight excluding hydrogens is 384 g/mol. The van der Waals surface area contributed by atoms with E-state index in [2.05, 4.69) is 20.1 Å². The Kier molecular flexibility index (Phi) is 4.52. The molecular formula is C21H24N6O3. The molecule has 9 heteroatoms. The molecule has 0 N–H and O–H groups in total. The third kappa shape index (κ3) is 3.79. The van der Waals surface area contributed by atoms with E-state index in [9.17, 15) is 4.79 Å². The maximum atomic E-state index is 12.3. The van der Waals surface area contributed by atoms with Gasteiger partial charge in [0.05, 0.1) is 12.0 Å². The van der Waals surface area contributed by atoms with E-state index < -0.39 is 0 Å². The third-order valence-electron chi connectivity index (χ3n) is 5.82. The molecule has 2 aliphatic rings. The molecule has 1 aliphatic carbocycles. The Hall–Kier alpha value is -3.23. The summed E-state index contributed by atoms with van der Waals surface area (Å²) in [5.74, 6) is 1.32. The molecule has 5 rings (SSSR count). The lowest BCUT2D eigenvalue weighted by Gasteiger charge is -2.30. The van der Waals surface area contributed by atoms with Gasteiger partial charge in [0.25, 0.3) is 5.89 Å². The molecule has 3 aromatic heterocycles. The van der Waals surface area contributed by atoms with Gasteiger partial charge in [-0.3, -0.25) is 4.98 Å². The Morgan fingerprint density at radius 3 is 2.73 bits per heavy atom. The first-order valence-corrected chi connectivity index (χ1v) is 10.3. The van der Waals surface area contributed by atoms with Crippen LogP contribution in [-0.4, -0.2) is 54.4 Å². The van der Waals surface area contributed by atoms with E-state index in [0.717, 1.165) is 42.6 Å². The molecule has 1 aliphatic heterocycles. The zero-order valence-corrected chi connectivity index (χ0v) is 17.1. The quantitative estimate of drug-likeness (QED) is 0.652. The largest absolute Gasteiger partial charge is 0.443 e. The molecule has 0 radical (unpaired) electrons. The van der Waals surface area contributed by atoms with Crippen molar-refractivity contribution in [3.8, 4) is 22.8 Å². The van der Waals surface area contributed by atoms with Gasteiger partial charge in [-0.25, -0.2) is 9.78 Å². The molecule has 2 fully saturated rings. The lowest BCUT2D eigenvalue weighted by Crippen LogP contribution is -2.40. The molecule has 9 nitrogen and oxygen atoms in total. The smallest absolute Gasteiger partial charge is 0.410 e. The Balaban J connectivity index is 1.25. The predicted molar refractivity (Wildman–Crippen MR) is 107 cm³/mol. The van der Waals surface area contributed by atoms with Gasteiger partial charge in [0, 0.05) is 44.0 Å². The van der Waals surface area contributed by atoms with Crippen molar-refractivity contribution in [2.24, 2.45) is 7.05 Å². The third-order valence-corrected chi connectivity index (χ3v) is 5.82. The molecule has 1 saturated heterocycles. The first-order valence-electron chi connectivity index (χ1n) is 10.3. The molecule has 0 aromatic carbocycles. The van der Waals surface area contributed by atoms with E-state index in [4.69, 9.17) is 9.26 Å². The number of pyridine rings is 1. The highest BCUT2D eigenvalue weighted by atomic mass is 16.6. The summed E-state index contributed by atoms with van der Waals surface area (Å²) in [5.41, 5.74) is 2.11. The summed E-state index contributed by atoms with van der Waals surface area (Å²) < 4.78 is 13.0. The highest BCUT2D eigenvalue weighted by molar-refractivity contribution is 5.68. The van der Waals surface area contributed by atoms with Crippen molar-refractivity contribution in [2.45, 2.75) is 44.1 Å². The van der Waals surface area contributed by atoms with Gasteiger partial charge >= 0.3 is 6.09 Å². The van der Waals surface area contributed by atoms with Crippen LogP contribution in [0, 0.1) is 0 Å². The summed E-state index contributed by atoms with van der Waals surface area (Å²) in [7, 11) is 1.92. The minimum atomic E-state index is -0.241. The molecule has 3 aromatic rings. The minimum absolute atomic E-state index is 0.167. The van der Waals surface area contributed by atoms with Crippen LogP contribution in [0.3, 0.4) is 0 Å². The first kappa shape index (κ1) is 18.8. The summed E-state index contributed by atoms with van der Waals surface area (Å²) in [6.45, 7) is 3.27. The Morgan fingerprint density at radius 1 is 1.23 bits per heavy atom. The fourth-order valence-corrected chi connectivity index (χ4v) is 3.64. The Labute approximate surface area is 174 Å². The number of nitrogens with zero attached hydrogens (tertiary/aromatic N) is 6. The van der Waals surface area contributed by atoms with Crippen LogP contribution in [0.15, 0.2) is 35.4 Å². The van der Waals surface area contributed by atoms with Crippen LogP contribution in [-0.2, 0) is 11.8 Å². The second-order valence-electron chi connectivity index (χ2n) is 8.39. The summed E-state index contributed by atoms with van der Waals surface area (Å²) >= 11 is 0. The number of ether oxygens (including phenoxy) is 1. The molecule has 30 heavy (non-hydrogen) atoms. The van der Waals surface area contributed by atoms with Gasteiger partial charge in [0.1, 0.15) is 11.3 Å². The predicted octanol–water partition coefficient (Wildman–Crippen LogP) is 3.40. The number of piperidine rings is 1. The molecule has 1 amide bonds. The number of aryl methyl sites for hydroxylation is 1. The number of rotatable bonds is 4. The standard InChI is InChI=1S/C21H24N6O3/c1-21(6-7-21)29-20(28)27-9-4-14(5-10-27)18-24-19(30-25-18)15-3-8-22-16(11-15)17-12-26(2)13-23-17/h3,8,11-14H,4-7,9-10H2,1-2H3. The minimum Gasteiger partial charge on any atom is -0.443 e. The van der Waals surface area contributed by atoms with Crippen LogP contribution in [0.1, 0.15) is 44.3 Å². The number of likely N-dealkylation sites (tertiary alicyclic amines) is 1. The fourth-order valence-electron chi connectivity index (χ4n) is 3.64. The number of amides is 1. The van der Waals surface area contributed by atoms with Crippen LogP contribution in [0.2, 0.25) is 0 Å². The summed E-state index contributed by atoms with van der Waals surface area (Å²) in [5, 5.41) is 4.20. The van der Waals surface area contributed by atoms with Gasteiger partial charge in [0.2, 0.25) is 0 Å². The molecule has 0 spiro atoms. The molecule has 156 valence electrons. The summed E-state index contributed by atoms with van der Waals surface area (Å²) in [6.07, 6.45) is 8.65. The average Bonchev–Trinajstić information content (AvgIpc) is 3.13. The van der Waals surface area contributed by atoms with E-state index in [1.807, 2.05) is 36.9 Å². The molecule has 0 bridgehead atoms. The zero-order valence-electron chi connectivity index (χ0n) is 17.1. The van der Waals surface area contributed by atoms with Gasteiger partial charge in [-0.1, -0.05) is 5.16 Å². The maximum Gasteiger partial charge on any atom is 0.410 e. The van der Waals surface area contributed by atoms with Crippen molar-refractivity contribution in [1.29, 1.82) is 0 Å². The van der Waals surface area contributed by atoms with Gasteiger partial charge in [0.15, 0.2) is 5.82 Å². The van der Waals surface area contributed by atoms with Gasteiger partial charge in [-0.2, -0.15) is 4.98 Å². The number of hydrogen-bond acceptors (Lipinski definition) is 7. The van der Waals surface area contributed by atoms with Crippen LogP contribution < -0.4 is 0 Å². The maximum absolute atomic E-state index is 12.3. The average molecular weight is 408 g/mol. The topological polar surface area (TPSA) is 99.2 Å². The van der Waals surface area contributed by atoms with Crippen molar-refractivity contribution in [1.82, 2.24) is 29.6 Å². The molecule has 0 atom stereocenters.